The number of Topliss-reactive ketones (excluding diaryl/α,β-unsaturated/α-hetero) is 1. The molecule has 0 bridgehead atoms. The summed E-state index contributed by atoms with van der Waals surface area (Å²) in [6.07, 6.45) is 4.31. The summed E-state index contributed by atoms with van der Waals surface area (Å²) in [5.74, 6) is -0.122. The molecular formula is C19H30Cl2O. The van der Waals surface area contributed by atoms with E-state index in [4.69, 9.17) is 23.2 Å². The molecule has 0 saturated carbocycles. The van der Waals surface area contributed by atoms with Crippen molar-refractivity contribution in [1.82, 2.24) is 0 Å². The first-order valence-corrected chi connectivity index (χ1v) is 8.71. The summed E-state index contributed by atoms with van der Waals surface area (Å²) >= 11 is 12.1. The van der Waals surface area contributed by atoms with E-state index in [1.54, 1.807) is 0 Å². The van der Waals surface area contributed by atoms with Gasteiger partial charge in [-0.2, -0.15) is 0 Å². The standard InChI is InChI=1S/C19H30Cl2O/c1-16(2,3)12-10-13(17(4,5)6)19(11-12,18(7,8)9)14(22)15(20)21/h10-11,15H,1-9H3. The lowest BCUT2D eigenvalue weighted by atomic mass is 9.56. The van der Waals surface area contributed by atoms with Gasteiger partial charge >= 0.3 is 0 Å². The van der Waals surface area contributed by atoms with Crippen molar-refractivity contribution in [2.45, 2.75) is 67.1 Å². The highest BCUT2D eigenvalue weighted by Crippen LogP contribution is 2.58. The predicted octanol–water partition coefficient (Wildman–Crippen LogP) is 6.35. The molecule has 0 saturated heterocycles. The molecule has 1 aliphatic rings. The van der Waals surface area contributed by atoms with Crippen LogP contribution in [0.4, 0.5) is 0 Å². The fourth-order valence-corrected chi connectivity index (χ4v) is 3.57. The zero-order valence-electron chi connectivity index (χ0n) is 15.4. The molecule has 0 heterocycles. The van der Waals surface area contributed by atoms with Gasteiger partial charge < -0.3 is 0 Å². The van der Waals surface area contributed by atoms with Crippen LogP contribution in [0.25, 0.3) is 0 Å². The van der Waals surface area contributed by atoms with Crippen molar-refractivity contribution in [2.75, 3.05) is 0 Å². The molecule has 3 heteroatoms. The van der Waals surface area contributed by atoms with Crippen molar-refractivity contribution in [2.24, 2.45) is 21.7 Å². The first-order valence-electron chi connectivity index (χ1n) is 7.83. The van der Waals surface area contributed by atoms with Crippen molar-refractivity contribution >= 4 is 29.0 Å². The van der Waals surface area contributed by atoms with Gasteiger partial charge in [0.15, 0.2) is 10.6 Å². The topological polar surface area (TPSA) is 17.1 Å². The third-order valence-electron chi connectivity index (χ3n) is 4.54. The third kappa shape index (κ3) is 3.31. The number of rotatable bonds is 2. The molecule has 0 aromatic heterocycles. The van der Waals surface area contributed by atoms with Crippen molar-refractivity contribution in [1.29, 1.82) is 0 Å². The Morgan fingerprint density at radius 2 is 1.41 bits per heavy atom. The minimum Gasteiger partial charge on any atom is -0.295 e. The lowest BCUT2D eigenvalue weighted by Gasteiger charge is -2.46. The molecule has 0 fully saturated rings. The number of alkyl halides is 2. The van der Waals surface area contributed by atoms with Gasteiger partial charge in [-0.05, 0) is 27.4 Å². The molecule has 0 radical (unpaired) electrons. The van der Waals surface area contributed by atoms with Crippen LogP contribution in [0, 0.1) is 21.7 Å². The number of carbonyl (C=O) groups is 1. The molecule has 0 aromatic rings. The van der Waals surface area contributed by atoms with E-state index in [1.807, 2.05) is 0 Å². The van der Waals surface area contributed by atoms with E-state index in [2.05, 4.69) is 74.5 Å². The Labute approximate surface area is 146 Å². The van der Waals surface area contributed by atoms with Gasteiger partial charge in [0.25, 0.3) is 0 Å². The zero-order valence-corrected chi connectivity index (χ0v) is 16.9. The maximum Gasteiger partial charge on any atom is 0.180 e. The molecule has 1 nitrogen and oxygen atoms in total. The Hall–Kier alpha value is -0.270. The van der Waals surface area contributed by atoms with Gasteiger partial charge in [-0.15, -0.1) is 0 Å². The van der Waals surface area contributed by atoms with Crippen LogP contribution in [-0.2, 0) is 4.79 Å². The smallest absolute Gasteiger partial charge is 0.180 e. The van der Waals surface area contributed by atoms with Crippen LogP contribution >= 0.6 is 23.2 Å². The number of hydrogen-bond donors (Lipinski definition) is 0. The summed E-state index contributed by atoms with van der Waals surface area (Å²) in [6, 6.07) is 0. The summed E-state index contributed by atoms with van der Waals surface area (Å²) in [4.78, 5) is 12.1. The van der Waals surface area contributed by atoms with Gasteiger partial charge in [0.2, 0.25) is 0 Å². The highest BCUT2D eigenvalue weighted by atomic mass is 35.5. The Balaban J connectivity index is 3.76. The van der Waals surface area contributed by atoms with Crippen LogP contribution in [0.1, 0.15) is 62.3 Å². The average Bonchev–Trinajstić information content (AvgIpc) is 2.67. The molecule has 1 unspecified atom stereocenters. The monoisotopic (exact) mass is 344 g/mol. The van der Waals surface area contributed by atoms with Gasteiger partial charge in [-0.1, -0.05) is 97.7 Å². The molecule has 1 atom stereocenters. The summed E-state index contributed by atoms with van der Waals surface area (Å²) in [5, 5.41) is 0. The van der Waals surface area contributed by atoms with E-state index in [9.17, 15) is 4.79 Å². The van der Waals surface area contributed by atoms with E-state index in [-0.39, 0.29) is 22.0 Å². The number of halogens is 2. The SMILES string of the molecule is CC(C)(C)C1=CC(C(=O)C(Cl)Cl)(C(C)(C)C)C(C(C)(C)C)=C1. The average molecular weight is 345 g/mol. The molecule has 1 rings (SSSR count). The summed E-state index contributed by atoms with van der Waals surface area (Å²) in [6.45, 7) is 19.2. The highest BCUT2D eigenvalue weighted by molar-refractivity contribution is 6.54. The Morgan fingerprint density at radius 1 is 0.955 bits per heavy atom. The molecule has 22 heavy (non-hydrogen) atoms. The molecular weight excluding hydrogens is 315 g/mol. The zero-order chi connectivity index (χ0) is 17.7. The Morgan fingerprint density at radius 3 is 1.68 bits per heavy atom. The lowest BCUT2D eigenvalue weighted by molar-refractivity contribution is -0.127. The number of carbonyl (C=O) groups excluding carboxylic acids is 1. The van der Waals surface area contributed by atoms with Crippen LogP contribution in [0.2, 0.25) is 0 Å². The van der Waals surface area contributed by atoms with E-state index in [0.717, 1.165) is 5.57 Å². The van der Waals surface area contributed by atoms with Crippen molar-refractivity contribution in [3.63, 3.8) is 0 Å². The van der Waals surface area contributed by atoms with E-state index in [1.165, 1.54) is 5.57 Å². The Bertz CT molecular complexity index is 519. The van der Waals surface area contributed by atoms with E-state index in [0.29, 0.717) is 0 Å². The summed E-state index contributed by atoms with van der Waals surface area (Å²) in [7, 11) is 0. The molecule has 0 aliphatic heterocycles. The van der Waals surface area contributed by atoms with Crippen LogP contribution < -0.4 is 0 Å². The number of ketones is 1. The fraction of sp³-hybridized carbons (Fsp3) is 0.737. The van der Waals surface area contributed by atoms with E-state index < -0.39 is 10.3 Å². The largest absolute Gasteiger partial charge is 0.295 e. The second kappa shape index (κ2) is 5.67. The second-order valence-corrected chi connectivity index (χ2v) is 10.5. The molecule has 1 aliphatic carbocycles. The quantitative estimate of drug-likeness (QED) is 0.533. The maximum absolute atomic E-state index is 13.1. The lowest BCUT2D eigenvalue weighted by Crippen LogP contribution is -2.47. The van der Waals surface area contributed by atoms with Crippen molar-refractivity contribution in [3.05, 3.63) is 23.3 Å². The van der Waals surface area contributed by atoms with Gasteiger partial charge in [0, 0.05) is 0 Å². The van der Waals surface area contributed by atoms with Crippen molar-refractivity contribution in [3.8, 4) is 0 Å². The van der Waals surface area contributed by atoms with Gasteiger partial charge in [0.05, 0.1) is 5.41 Å². The van der Waals surface area contributed by atoms with Crippen molar-refractivity contribution < 1.29 is 4.79 Å². The summed E-state index contributed by atoms with van der Waals surface area (Å²) < 4.78 is 0. The second-order valence-electron chi connectivity index (χ2n) is 9.38. The molecule has 0 N–H and O–H groups in total. The highest BCUT2D eigenvalue weighted by Gasteiger charge is 2.56. The van der Waals surface area contributed by atoms with Crippen LogP contribution in [0.3, 0.4) is 0 Å². The number of hydrogen-bond acceptors (Lipinski definition) is 1. The van der Waals surface area contributed by atoms with Crippen LogP contribution in [0.15, 0.2) is 23.3 Å². The van der Waals surface area contributed by atoms with Gasteiger partial charge in [-0.3, -0.25) is 4.79 Å². The van der Waals surface area contributed by atoms with E-state index >= 15 is 0 Å². The predicted molar refractivity (Wildman–Crippen MR) is 97.5 cm³/mol. The molecule has 0 aromatic carbocycles. The first kappa shape index (κ1) is 19.8. The minimum atomic E-state index is -1.03. The maximum atomic E-state index is 13.1. The van der Waals surface area contributed by atoms with Crippen LogP contribution in [0.5, 0.6) is 0 Å². The van der Waals surface area contributed by atoms with Gasteiger partial charge in [0.1, 0.15) is 0 Å². The first-order chi connectivity index (χ1) is 9.55. The van der Waals surface area contributed by atoms with Gasteiger partial charge in [-0.25, -0.2) is 0 Å². The number of allylic oxidation sites excluding steroid dienone is 4. The molecule has 0 spiro atoms. The summed E-state index contributed by atoms with van der Waals surface area (Å²) in [5.41, 5.74) is 1.04. The third-order valence-corrected chi connectivity index (χ3v) is 4.94. The molecule has 0 amide bonds. The fourth-order valence-electron chi connectivity index (χ4n) is 3.23. The minimum absolute atomic E-state index is 0.0299. The van der Waals surface area contributed by atoms with Crippen LogP contribution in [-0.4, -0.2) is 10.6 Å². The Kier molecular flexibility index (Phi) is 5.10. The molecule has 126 valence electrons. The normalized spacial score (nSPS) is 23.6.